The molecule has 0 bridgehead atoms. The van der Waals surface area contributed by atoms with Gasteiger partial charge >= 0.3 is 12.1 Å². The number of aliphatic imine (C=N–C) groups is 1. The number of ketones is 2. The van der Waals surface area contributed by atoms with E-state index in [1.807, 2.05) is 58.0 Å². The van der Waals surface area contributed by atoms with Crippen LogP contribution in [0.15, 0.2) is 57.1 Å². The van der Waals surface area contributed by atoms with Crippen LogP contribution in [0.25, 0.3) is 5.57 Å². The van der Waals surface area contributed by atoms with Gasteiger partial charge in [-0.1, -0.05) is 62.2 Å². The summed E-state index contributed by atoms with van der Waals surface area (Å²) >= 11 is 6.75. The number of carboxylic acids is 1. The normalized spacial score (nSPS) is 22.2. The molecule has 1 aromatic carbocycles. The Morgan fingerprint density at radius 2 is 1.74 bits per heavy atom. The number of carbonyl (C=O) groups is 3. The Morgan fingerprint density at radius 1 is 1.11 bits per heavy atom. The number of benzene rings is 1. The highest BCUT2D eigenvalue weighted by Gasteiger charge is 2.38. The predicted octanol–water partition coefficient (Wildman–Crippen LogP) is 10.1. The lowest BCUT2D eigenvalue weighted by Gasteiger charge is -2.33. The van der Waals surface area contributed by atoms with E-state index < -0.39 is 34.5 Å². The molecule has 0 amide bonds. The van der Waals surface area contributed by atoms with Gasteiger partial charge in [0.1, 0.15) is 0 Å². The molecule has 0 aliphatic heterocycles. The molecule has 0 heterocycles. The van der Waals surface area contributed by atoms with Gasteiger partial charge in [0.2, 0.25) is 0 Å². The Balaban J connectivity index is 1.80. The molecule has 0 radical (unpaired) electrons. The van der Waals surface area contributed by atoms with Gasteiger partial charge in [0.25, 0.3) is 0 Å². The molecule has 1 N–H and O–H groups in total. The summed E-state index contributed by atoms with van der Waals surface area (Å²) in [6, 6.07) is 7.71. The molecule has 0 saturated heterocycles. The SMILES string of the molecule is CC1=CC(Cl)=C(C(=O)CC(CCC(=O)C(C=NCC2CCC(C)(C(=O)O)CC2)=C(C)C(F)(F)F)CC(C)(C)C)c2ccccc2CC1. The van der Waals surface area contributed by atoms with Crippen molar-refractivity contribution < 1.29 is 32.7 Å². The van der Waals surface area contributed by atoms with Crippen molar-refractivity contribution in [1.82, 2.24) is 0 Å². The van der Waals surface area contributed by atoms with Crippen LogP contribution in [0.3, 0.4) is 0 Å². The number of alkyl halides is 3. The van der Waals surface area contributed by atoms with Crippen LogP contribution in [-0.2, 0) is 20.8 Å². The number of allylic oxidation sites excluding steroid dienone is 6. The molecule has 47 heavy (non-hydrogen) atoms. The third kappa shape index (κ3) is 11.0. The molecule has 3 rings (SSSR count). The topological polar surface area (TPSA) is 83.8 Å². The second-order valence-electron chi connectivity index (χ2n) is 14.9. The zero-order chi connectivity index (χ0) is 35.2. The number of hydrogen-bond donors (Lipinski definition) is 1. The molecule has 1 atom stereocenters. The predicted molar refractivity (Wildman–Crippen MR) is 183 cm³/mol. The first-order chi connectivity index (χ1) is 21.8. The molecule has 258 valence electrons. The van der Waals surface area contributed by atoms with E-state index in [1.54, 1.807) is 6.92 Å². The summed E-state index contributed by atoms with van der Waals surface area (Å²) in [6.07, 6.45) is 2.72. The maximum atomic E-state index is 14.0. The largest absolute Gasteiger partial charge is 0.481 e. The fourth-order valence-electron chi connectivity index (χ4n) is 6.60. The van der Waals surface area contributed by atoms with Gasteiger partial charge in [0.15, 0.2) is 11.6 Å². The smallest absolute Gasteiger partial charge is 0.413 e. The third-order valence-electron chi connectivity index (χ3n) is 9.56. The van der Waals surface area contributed by atoms with Crippen LogP contribution < -0.4 is 0 Å². The maximum absolute atomic E-state index is 14.0. The van der Waals surface area contributed by atoms with Gasteiger partial charge in [0, 0.05) is 42.3 Å². The highest BCUT2D eigenvalue weighted by Crippen LogP contribution is 2.39. The monoisotopic (exact) mass is 675 g/mol. The summed E-state index contributed by atoms with van der Waals surface area (Å²) in [4.78, 5) is 43.2. The lowest BCUT2D eigenvalue weighted by atomic mass is 9.72. The van der Waals surface area contributed by atoms with E-state index in [4.69, 9.17) is 11.6 Å². The molecule has 9 heteroatoms. The molecule has 2 aliphatic rings. The quantitative estimate of drug-likeness (QED) is 0.177. The summed E-state index contributed by atoms with van der Waals surface area (Å²) in [6.45, 7) is 10.9. The van der Waals surface area contributed by atoms with Gasteiger partial charge in [-0.05, 0) is 107 Å². The van der Waals surface area contributed by atoms with E-state index in [0.717, 1.165) is 42.7 Å². The van der Waals surface area contributed by atoms with Crippen LogP contribution in [0.4, 0.5) is 13.2 Å². The fourth-order valence-corrected chi connectivity index (χ4v) is 6.99. The van der Waals surface area contributed by atoms with Crippen molar-refractivity contribution in [2.45, 2.75) is 112 Å². The summed E-state index contributed by atoms with van der Waals surface area (Å²) in [5.41, 5.74) is 0.880. The maximum Gasteiger partial charge on any atom is 0.413 e. The first kappa shape index (κ1) is 38.4. The summed E-state index contributed by atoms with van der Waals surface area (Å²) < 4.78 is 41.6. The van der Waals surface area contributed by atoms with E-state index in [1.165, 1.54) is 0 Å². The van der Waals surface area contributed by atoms with Crippen molar-refractivity contribution in [2.24, 2.45) is 27.7 Å². The summed E-state index contributed by atoms with van der Waals surface area (Å²) in [7, 11) is 0. The van der Waals surface area contributed by atoms with Gasteiger partial charge in [0.05, 0.1) is 10.4 Å². The van der Waals surface area contributed by atoms with Crippen molar-refractivity contribution in [3.8, 4) is 0 Å². The van der Waals surface area contributed by atoms with Gasteiger partial charge < -0.3 is 5.11 Å². The van der Waals surface area contributed by atoms with Crippen LogP contribution in [0, 0.1) is 22.7 Å². The number of halogens is 4. The number of carbonyl (C=O) groups excluding carboxylic acids is 2. The number of hydrogen-bond acceptors (Lipinski definition) is 4. The van der Waals surface area contributed by atoms with Crippen molar-refractivity contribution in [3.05, 3.63) is 63.2 Å². The Labute approximate surface area is 282 Å². The molecule has 1 unspecified atom stereocenters. The number of nitrogens with zero attached hydrogens (tertiary/aromatic N) is 1. The van der Waals surface area contributed by atoms with Crippen molar-refractivity contribution in [1.29, 1.82) is 0 Å². The fraction of sp³-hybridized carbons (Fsp3) is 0.579. The third-order valence-corrected chi connectivity index (χ3v) is 9.86. The molecule has 2 aliphatic carbocycles. The van der Waals surface area contributed by atoms with Crippen molar-refractivity contribution >= 4 is 40.9 Å². The number of carboxylic acid groups (broad SMARTS) is 1. The minimum absolute atomic E-state index is 0.0431. The second-order valence-corrected chi connectivity index (χ2v) is 15.3. The number of rotatable bonds is 12. The lowest BCUT2D eigenvalue weighted by Crippen LogP contribution is -2.33. The Kier molecular flexibility index (Phi) is 13.0. The molecular weight excluding hydrogens is 627 g/mol. The molecule has 1 fully saturated rings. The van der Waals surface area contributed by atoms with Crippen LogP contribution >= 0.6 is 11.6 Å². The first-order valence-electron chi connectivity index (χ1n) is 16.5. The average Bonchev–Trinajstić information content (AvgIpc) is 2.96. The summed E-state index contributed by atoms with van der Waals surface area (Å²) in [5.74, 6) is -1.87. The average molecular weight is 676 g/mol. The van der Waals surface area contributed by atoms with Gasteiger partial charge in [-0.25, -0.2) is 0 Å². The lowest BCUT2D eigenvalue weighted by molar-refractivity contribution is -0.150. The Hall–Kier alpha value is -3.00. The van der Waals surface area contributed by atoms with Crippen LogP contribution in [0.2, 0.25) is 0 Å². The minimum Gasteiger partial charge on any atom is -0.481 e. The number of fused-ring (bicyclic) bond motifs is 1. The van der Waals surface area contributed by atoms with Crippen LogP contribution in [-0.4, -0.2) is 41.6 Å². The Morgan fingerprint density at radius 3 is 2.34 bits per heavy atom. The number of aryl methyl sites for hydroxylation is 1. The van der Waals surface area contributed by atoms with Crippen LogP contribution in [0.1, 0.15) is 110 Å². The molecule has 5 nitrogen and oxygen atoms in total. The van der Waals surface area contributed by atoms with E-state index in [0.29, 0.717) is 42.7 Å². The minimum atomic E-state index is -4.70. The van der Waals surface area contributed by atoms with E-state index in [2.05, 4.69) is 4.99 Å². The van der Waals surface area contributed by atoms with E-state index >= 15 is 0 Å². The summed E-state index contributed by atoms with van der Waals surface area (Å²) in [5, 5.41) is 9.84. The molecule has 1 aromatic rings. The highest BCUT2D eigenvalue weighted by atomic mass is 35.5. The number of aliphatic carboxylic acids is 1. The molecule has 0 spiro atoms. The standard InChI is InChI=1S/C38H49ClF3NO4/c1-24-11-13-28-9-7-8-10-29(28)34(31(39)19-24)33(45)20-27(21-36(3,4)5)12-14-32(44)30(25(2)38(40,41)42)23-43-22-26-15-17-37(6,18-16-26)35(46)47/h7-10,19,23,26-27H,11-18,20-22H2,1-6H3,(H,46,47). The number of Topliss-reactive ketones (excluding diaryl/α,β-unsaturated/α-hetero) is 2. The molecular formula is C38H49ClF3NO4. The first-order valence-corrected chi connectivity index (χ1v) is 16.9. The van der Waals surface area contributed by atoms with E-state index in [9.17, 15) is 32.7 Å². The Bertz CT molecular complexity index is 1450. The molecule has 0 aromatic heterocycles. The van der Waals surface area contributed by atoms with Crippen LogP contribution in [0.5, 0.6) is 0 Å². The molecule has 1 saturated carbocycles. The van der Waals surface area contributed by atoms with E-state index in [-0.39, 0.29) is 48.8 Å². The van der Waals surface area contributed by atoms with Crippen molar-refractivity contribution in [3.63, 3.8) is 0 Å². The van der Waals surface area contributed by atoms with Gasteiger partial charge in [-0.3, -0.25) is 19.4 Å². The van der Waals surface area contributed by atoms with Gasteiger partial charge in [-0.2, -0.15) is 13.2 Å². The van der Waals surface area contributed by atoms with Gasteiger partial charge in [-0.15, -0.1) is 0 Å². The second kappa shape index (κ2) is 15.9. The highest BCUT2D eigenvalue weighted by molar-refractivity contribution is 6.41. The zero-order valence-electron chi connectivity index (χ0n) is 28.5. The van der Waals surface area contributed by atoms with Crippen molar-refractivity contribution in [2.75, 3.05) is 6.54 Å². The zero-order valence-corrected chi connectivity index (χ0v) is 29.3.